The fourth-order valence-corrected chi connectivity index (χ4v) is 1.96. The van der Waals surface area contributed by atoms with E-state index in [4.69, 9.17) is 0 Å². The first-order chi connectivity index (χ1) is 5.79. The molecule has 2 aromatic rings. The van der Waals surface area contributed by atoms with Crippen LogP contribution in [0.5, 0.6) is 0 Å². The number of fused-ring (bicyclic) bond motifs is 1. The second-order valence-electron chi connectivity index (χ2n) is 2.34. The minimum atomic E-state index is -2.48. The summed E-state index contributed by atoms with van der Waals surface area (Å²) in [5, 5.41) is 2.63. The molecule has 2 aromatic heterocycles. The van der Waals surface area contributed by atoms with Gasteiger partial charge in [-0.2, -0.15) is 0 Å². The van der Waals surface area contributed by atoms with Gasteiger partial charge in [-0.15, -0.1) is 11.3 Å². The third kappa shape index (κ3) is 1.08. The van der Waals surface area contributed by atoms with Crippen LogP contribution in [-0.4, -0.2) is 4.98 Å². The Morgan fingerprint density at radius 3 is 2.92 bits per heavy atom. The van der Waals surface area contributed by atoms with Gasteiger partial charge in [0.15, 0.2) is 0 Å². The van der Waals surface area contributed by atoms with Crippen LogP contribution < -0.4 is 0 Å². The van der Waals surface area contributed by atoms with Gasteiger partial charge in [0, 0.05) is 6.20 Å². The van der Waals surface area contributed by atoms with Crippen LogP contribution in [0.1, 0.15) is 12.1 Å². The van der Waals surface area contributed by atoms with Gasteiger partial charge in [-0.25, -0.2) is 8.78 Å². The second kappa shape index (κ2) is 2.79. The SMILES string of the molecule is FC(F)c1nccc2ccsc12. The van der Waals surface area contributed by atoms with E-state index in [0.29, 0.717) is 4.70 Å². The lowest BCUT2D eigenvalue weighted by atomic mass is 10.3. The van der Waals surface area contributed by atoms with Crippen molar-refractivity contribution in [3.05, 3.63) is 29.4 Å². The molecular weight excluding hydrogens is 180 g/mol. The Bertz CT molecular complexity index is 397. The van der Waals surface area contributed by atoms with Crippen molar-refractivity contribution in [1.82, 2.24) is 4.98 Å². The first kappa shape index (κ1) is 7.61. The Morgan fingerprint density at radius 1 is 1.33 bits per heavy atom. The highest BCUT2D eigenvalue weighted by Gasteiger charge is 2.13. The monoisotopic (exact) mass is 185 g/mol. The molecule has 0 fully saturated rings. The average molecular weight is 185 g/mol. The number of pyridine rings is 1. The Kier molecular flexibility index (Phi) is 1.77. The molecule has 0 bridgehead atoms. The molecule has 0 saturated heterocycles. The number of hydrogen-bond donors (Lipinski definition) is 0. The molecule has 12 heavy (non-hydrogen) atoms. The molecule has 0 aliphatic heterocycles. The van der Waals surface area contributed by atoms with E-state index in [-0.39, 0.29) is 5.69 Å². The Labute approximate surface area is 71.7 Å². The van der Waals surface area contributed by atoms with Crippen molar-refractivity contribution >= 4 is 21.4 Å². The number of alkyl halides is 2. The summed E-state index contributed by atoms with van der Waals surface area (Å²) in [6, 6.07) is 3.55. The van der Waals surface area contributed by atoms with Crippen LogP contribution in [0.2, 0.25) is 0 Å². The van der Waals surface area contributed by atoms with Crippen LogP contribution in [-0.2, 0) is 0 Å². The summed E-state index contributed by atoms with van der Waals surface area (Å²) in [6.07, 6.45) is -1.07. The quantitative estimate of drug-likeness (QED) is 0.664. The first-order valence-electron chi connectivity index (χ1n) is 3.39. The van der Waals surface area contributed by atoms with Gasteiger partial charge in [0.1, 0.15) is 5.69 Å². The molecule has 2 rings (SSSR count). The molecule has 0 unspecified atom stereocenters. The number of rotatable bonds is 1. The van der Waals surface area contributed by atoms with E-state index in [2.05, 4.69) is 4.98 Å². The van der Waals surface area contributed by atoms with Crippen molar-refractivity contribution < 1.29 is 8.78 Å². The molecule has 0 amide bonds. The summed E-state index contributed by atoms with van der Waals surface area (Å²) < 4.78 is 25.2. The van der Waals surface area contributed by atoms with Gasteiger partial charge in [-0.05, 0) is 22.9 Å². The Hall–Kier alpha value is -1.03. The summed E-state index contributed by atoms with van der Waals surface area (Å²) in [4.78, 5) is 3.64. The van der Waals surface area contributed by atoms with Crippen molar-refractivity contribution in [2.45, 2.75) is 6.43 Å². The molecule has 0 aliphatic carbocycles. The van der Waals surface area contributed by atoms with E-state index in [1.807, 2.05) is 6.07 Å². The lowest BCUT2D eigenvalue weighted by molar-refractivity contribution is 0.148. The molecule has 0 saturated carbocycles. The lowest BCUT2D eigenvalue weighted by Crippen LogP contribution is -1.87. The number of nitrogens with zero attached hydrogens (tertiary/aromatic N) is 1. The number of hydrogen-bond acceptors (Lipinski definition) is 2. The van der Waals surface area contributed by atoms with Crippen LogP contribution in [0, 0.1) is 0 Å². The van der Waals surface area contributed by atoms with E-state index in [1.165, 1.54) is 17.5 Å². The zero-order valence-corrected chi connectivity index (χ0v) is 6.81. The second-order valence-corrected chi connectivity index (χ2v) is 3.25. The minimum absolute atomic E-state index is 0.109. The van der Waals surface area contributed by atoms with E-state index in [1.54, 1.807) is 11.4 Å². The Morgan fingerprint density at radius 2 is 2.17 bits per heavy atom. The van der Waals surface area contributed by atoms with Crippen LogP contribution in [0.15, 0.2) is 23.7 Å². The van der Waals surface area contributed by atoms with Gasteiger partial charge >= 0.3 is 0 Å². The molecule has 62 valence electrons. The normalized spacial score (nSPS) is 11.2. The number of halogens is 2. The summed E-state index contributed by atoms with van der Waals surface area (Å²) in [6.45, 7) is 0. The third-order valence-corrected chi connectivity index (χ3v) is 2.56. The van der Waals surface area contributed by atoms with Crippen LogP contribution in [0.4, 0.5) is 8.78 Å². The molecule has 0 spiro atoms. The largest absolute Gasteiger partial charge is 0.281 e. The Balaban J connectivity index is 2.73. The molecular formula is C8H5F2NS. The van der Waals surface area contributed by atoms with E-state index >= 15 is 0 Å². The topological polar surface area (TPSA) is 12.9 Å². The molecule has 0 radical (unpaired) electrons. The maximum absolute atomic E-state index is 12.3. The first-order valence-corrected chi connectivity index (χ1v) is 4.27. The predicted octanol–water partition coefficient (Wildman–Crippen LogP) is 3.23. The zero-order chi connectivity index (χ0) is 8.55. The van der Waals surface area contributed by atoms with E-state index < -0.39 is 6.43 Å². The van der Waals surface area contributed by atoms with Gasteiger partial charge < -0.3 is 0 Å². The molecule has 0 aromatic carbocycles. The highest BCUT2D eigenvalue weighted by atomic mass is 32.1. The van der Waals surface area contributed by atoms with Crippen molar-refractivity contribution in [2.24, 2.45) is 0 Å². The van der Waals surface area contributed by atoms with Gasteiger partial charge in [0.05, 0.1) is 4.70 Å². The highest BCUT2D eigenvalue weighted by molar-refractivity contribution is 7.17. The maximum atomic E-state index is 12.3. The standard InChI is InChI=1S/C8H5F2NS/c9-8(10)6-7-5(1-3-11-6)2-4-12-7/h1-4,8H. The van der Waals surface area contributed by atoms with Crippen molar-refractivity contribution in [3.8, 4) is 0 Å². The summed E-state index contributed by atoms with van der Waals surface area (Å²) >= 11 is 1.30. The van der Waals surface area contributed by atoms with Crippen molar-refractivity contribution in [1.29, 1.82) is 0 Å². The average Bonchev–Trinajstić information content (AvgIpc) is 2.49. The summed E-state index contributed by atoms with van der Waals surface area (Å²) in [5.41, 5.74) is -0.109. The summed E-state index contributed by atoms with van der Waals surface area (Å²) in [5.74, 6) is 0. The molecule has 1 nitrogen and oxygen atoms in total. The smallest absolute Gasteiger partial charge is 0.254 e. The molecule has 4 heteroatoms. The minimum Gasteiger partial charge on any atom is -0.254 e. The van der Waals surface area contributed by atoms with E-state index in [0.717, 1.165) is 5.39 Å². The lowest BCUT2D eigenvalue weighted by Gasteiger charge is -1.98. The van der Waals surface area contributed by atoms with E-state index in [9.17, 15) is 8.78 Å². The molecule has 0 atom stereocenters. The molecule has 2 heterocycles. The van der Waals surface area contributed by atoms with Crippen LogP contribution >= 0.6 is 11.3 Å². The molecule has 0 aliphatic rings. The van der Waals surface area contributed by atoms with Crippen molar-refractivity contribution in [2.75, 3.05) is 0 Å². The maximum Gasteiger partial charge on any atom is 0.281 e. The van der Waals surface area contributed by atoms with Crippen LogP contribution in [0.25, 0.3) is 10.1 Å². The number of thiophene rings is 1. The van der Waals surface area contributed by atoms with Gasteiger partial charge in [0.25, 0.3) is 6.43 Å². The third-order valence-electron chi connectivity index (χ3n) is 1.60. The predicted molar refractivity (Wildman–Crippen MR) is 44.6 cm³/mol. The van der Waals surface area contributed by atoms with Gasteiger partial charge in [-0.3, -0.25) is 4.98 Å². The van der Waals surface area contributed by atoms with Crippen molar-refractivity contribution in [3.63, 3.8) is 0 Å². The fourth-order valence-electron chi connectivity index (χ4n) is 1.07. The zero-order valence-electron chi connectivity index (χ0n) is 6.00. The molecule has 0 N–H and O–H groups in total. The number of aromatic nitrogens is 1. The van der Waals surface area contributed by atoms with Gasteiger partial charge in [-0.1, -0.05) is 0 Å². The van der Waals surface area contributed by atoms with Gasteiger partial charge in [0.2, 0.25) is 0 Å². The fraction of sp³-hybridized carbons (Fsp3) is 0.125. The summed E-state index contributed by atoms with van der Waals surface area (Å²) in [7, 11) is 0. The highest BCUT2D eigenvalue weighted by Crippen LogP contribution is 2.29. The van der Waals surface area contributed by atoms with Crippen LogP contribution in [0.3, 0.4) is 0 Å².